The monoisotopic (exact) mass is 288 g/mol. The molecule has 1 aromatic carbocycles. The Labute approximate surface area is 100 Å². The highest BCUT2D eigenvalue weighted by Gasteiger charge is 2.62. The lowest BCUT2D eigenvalue weighted by Gasteiger charge is -2.13. The molecule has 3 nitrogen and oxygen atoms in total. The topological polar surface area (TPSA) is 57.5 Å². The van der Waals surface area contributed by atoms with Crippen molar-refractivity contribution < 1.29 is 19.4 Å². The summed E-state index contributed by atoms with van der Waals surface area (Å²) in [6.07, 6.45) is 0.284. The van der Waals surface area contributed by atoms with E-state index in [1.165, 1.54) is 18.2 Å². The summed E-state index contributed by atoms with van der Waals surface area (Å²) >= 11 is 3.19. The highest BCUT2D eigenvalue weighted by atomic mass is 79.9. The SMILES string of the molecule is O=C(O)C1(c2cc(Br)ccc2F)CC1CO. The molecule has 1 fully saturated rings. The molecule has 1 aromatic rings. The molecule has 1 aliphatic carbocycles. The molecule has 2 rings (SSSR count). The maximum atomic E-state index is 13.6. The van der Waals surface area contributed by atoms with Gasteiger partial charge in [-0.05, 0) is 24.6 Å². The first-order chi connectivity index (χ1) is 7.52. The summed E-state index contributed by atoms with van der Waals surface area (Å²) in [7, 11) is 0. The molecule has 0 saturated heterocycles. The Morgan fingerprint density at radius 3 is 2.81 bits per heavy atom. The van der Waals surface area contributed by atoms with Gasteiger partial charge in [-0.1, -0.05) is 15.9 Å². The quantitative estimate of drug-likeness (QED) is 0.894. The first kappa shape index (κ1) is 11.5. The van der Waals surface area contributed by atoms with Crippen LogP contribution < -0.4 is 0 Å². The fraction of sp³-hybridized carbons (Fsp3) is 0.364. The van der Waals surface area contributed by atoms with Crippen LogP contribution in [0.5, 0.6) is 0 Å². The number of aliphatic hydroxyl groups excluding tert-OH is 1. The Bertz CT molecular complexity index is 449. The Morgan fingerprint density at radius 2 is 2.31 bits per heavy atom. The smallest absolute Gasteiger partial charge is 0.314 e. The fourth-order valence-electron chi connectivity index (χ4n) is 2.10. The molecule has 0 spiro atoms. The predicted molar refractivity (Wildman–Crippen MR) is 58.6 cm³/mol. The second-order valence-corrected chi connectivity index (χ2v) is 4.90. The molecular formula is C11H10BrFO3. The number of carboxylic acid groups (broad SMARTS) is 1. The molecule has 16 heavy (non-hydrogen) atoms. The van der Waals surface area contributed by atoms with E-state index in [-0.39, 0.29) is 18.6 Å². The number of aliphatic hydroxyl groups is 1. The number of rotatable bonds is 3. The van der Waals surface area contributed by atoms with Crippen molar-refractivity contribution in [1.82, 2.24) is 0 Å². The largest absolute Gasteiger partial charge is 0.481 e. The fourth-order valence-corrected chi connectivity index (χ4v) is 2.46. The molecule has 0 aromatic heterocycles. The maximum absolute atomic E-state index is 13.6. The zero-order valence-electron chi connectivity index (χ0n) is 8.28. The van der Waals surface area contributed by atoms with Crippen LogP contribution in [0.1, 0.15) is 12.0 Å². The van der Waals surface area contributed by atoms with Gasteiger partial charge in [0.2, 0.25) is 0 Å². The van der Waals surface area contributed by atoms with E-state index in [0.29, 0.717) is 4.47 Å². The van der Waals surface area contributed by atoms with Crippen molar-refractivity contribution in [2.45, 2.75) is 11.8 Å². The van der Waals surface area contributed by atoms with Crippen LogP contribution in [0.3, 0.4) is 0 Å². The van der Waals surface area contributed by atoms with Gasteiger partial charge in [0.05, 0.1) is 0 Å². The average molecular weight is 289 g/mol. The Hall–Kier alpha value is -0.940. The van der Waals surface area contributed by atoms with Crippen LogP contribution in [0.2, 0.25) is 0 Å². The van der Waals surface area contributed by atoms with E-state index in [2.05, 4.69) is 15.9 Å². The van der Waals surface area contributed by atoms with Gasteiger partial charge in [0, 0.05) is 22.6 Å². The molecule has 86 valence electrons. The van der Waals surface area contributed by atoms with Crippen molar-refractivity contribution in [1.29, 1.82) is 0 Å². The number of halogens is 2. The third-order valence-corrected chi connectivity index (χ3v) is 3.61. The number of hydrogen-bond donors (Lipinski definition) is 2. The van der Waals surface area contributed by atoms with Crippen molar-refractivity contribution in [2.24, 2.45) is 5.92 Å². The van der Waals surface area contributed by atoms with Gasteiger partial charge in [0.15, 0.2) is 0 Å². The lowest BCUT2D eigenvalue weighted by molar-refractivity contribution is -0.140. The summed E-state index contributed by atoms with van der Waals surface area (Å²) in [6, 6.07) is 4.22. The van der Waals surface area contributed by atoms with Gasteiger partial charge in [-0.25, -0.2) is 4.39 Å². The van der Waals surface area contributed by atoms with Gasteiger partial charge in [0.25, 0.3) is 0 Å². The van der Waals surface area contributed by atoms with Crippen LogP contribution in [-0.2, 0) is 10.2 Å². The van der Waals surface area contributed by atoms with Gasteiger partial charge in [-0.2, -0.15) is 0 Å². The van der Waals surface area contributed by atoms with Crippen LogP contribution in [-0.4, -0.2) is 22.8 Å². The molecule has 5 heteroatoms. The second kappa shape index (κ2) is 3.82. The number of hydrogen-bond acceptors (Lipinski definition) is 2. The van der Waals surface area contributed by atoms with Gasteiger partial charge in [0.1, 0.15) is 11.2 Å². The maximum Gasteiger partial charge on any atom is 0.314 e. The minimum absolute atomic E-state index is 0.147. The zero-order chi connectivity index (χ0) is 11.9. The second-order valence-electron chi connectivity index (χ2n) is 3.98. The number of carbonyl (C=O) groups is 1. The predicted octanol–water partition coefficient (Wildman–Crippen LogP) is 1.92. The third-order valence-electron chi connectivity index (χ3n) is 3.12. The molecule has 0 aliphatic heterocycles. The van der Waals surface area contributed by atoms with E-state index in [1.807, 2.05) is 0 Å². The molecule has 2 atom stereocenters. The van der Waals surface area contributed by atoms with E-state index in [0.717, 1.165) is 0 Å². The molecular weight excluding hydrogens is 279 g/mol. The Morgan fingerprint density at radius 1 is 1.62 bits per heavy atom. The van der Waals surface area contributed by atoms with Crippen molar-refractivity contribution in [3.05, 3.63) is 34.1 Å². The van der Waals surface area contributed by atoms with Crippen LogP contribution in [0.25, 0.3) is 0 Å². The number of carboxylic acids is 1. The summed E-state index contributed by atoms with van der Waals surface area (Å²) < 4.78 is 14.2. The lowest BCUT2D eigenvalue weighted by Crippen LogP contribution is -2.25. The number of aliphatic carboxylic acids is 1. The Kier molecular flexibility index (Phi) is 2.75. The molecule has 2 unspecified atom stereocenters. The molecule has 0 heterocycles. The molecule has 1 aliphatic rings. The molecule has 1 saturated carbocycles. The van der Waals surface area contributed by atoms with Gasteiger partial charge in [-0.15, -0.1) is 0 Å². The summed E-state index contributed by atoms with van der Waals surface area (Å²) in [5, 5.41) is 18.2. The zero-order valence-corrected chi connectivity index (χ0v) is 9.87. The first-order valence-electron chi connectivity index (χ1n) is 4.82. The van der Waals surface area contributed by atoms with Crippen LogP contribution in [0.15, 0.2) is 22.7 Å². The highest BCUT2D eigenvalue weighted by molar-refractivity contribution is 9.10. The van der Waals surface area contributed by atoms with Crippen molar-refractivity contribution in [3.63, 3.8) is 0 Å². The molecule has 0 radical (unpaired) electrons. The third kappa shape index (κ3) is 1.55. The first-order valence-corrected chi connectivity index (χ1v) is 5.61. The van der Waals surface area contributed by atoms with Crippen molar-refractivity contribution in [2.75, 3.05) is 6.61 Å². The van der Waals surface area contributed by atoms with E-state index in [4.69, 9.17) is 5.11 Å². The van der Waals surface area contributed by atoms with Crippen LogP contribution in [0, 0.1) is 11.7 Å². The molecule has 0 bridgehead atoms. The van der Waals surface area contributed by atoms with Gasteiger partial charge < -0.3 is 10.2 Å². The summed E-state index contributed by atoms with van der Waals surface area (Å²) in [5.41, 5.74) is -1.10. The van der Waals surface area contributed by atoms with Crippen LogP contribution in [0.4, 0.5) is 4.39 Å². The van der Waals surface area contributed by atoms with E-state index in [9.17, 15) is 14.3 Å². The van der Waals surface area contributed by atoms with Gasteiger partial charge >= 0.3 is 5.97 Å². The molecule has 2 N–H and O–H groups in total. The van der Waals surface area contributed by atoms with E-state index < -0.39 is 23.1 Å². The standard InChI is InChI=1S/C11H10BrFO3/c12-7-1-2-9(13)8(3-7)11(10(15)16)4-6(11)5-14/h1-3,6,14H,4-5H2,(H,15,16). The van der Waals surface area contributed by atoms with E-state index in [1.54, 1.807) is 0 Å². The van der Waals surface area contributed by atoms with Crippen LogP contribution >= 0.6 is 15.9 Å². The average Bonchev–Trinajstić information content (AvgIpc) is 2.97. The minimum Gasteiger partial charge on any atom is -0.481 e. The van der Waals surface area contributed by atoms with Crippen molar-refractivity contribution in [3.8, 4) is 0 Å². The lowest BCUT2D eigenvalue weighted by atomic mass is 9.93. The summed E-state index contributed by atoms with van der Waals surface area (Å²) in [4.78, 5) is 11.2. The summed E-state index contributed by atoms with van der Waals surface area (Å²) in [5.74, 6) is -2.01. The Balaban J connectivity index is 2.50. The highest BCUT2D eigenvalue weighted by Crippen LogP contribution is 2.55. The van der Waals surface area contributed by atoms with Gasteiger partial charge in [-0.3, -0.25) is 4.79 Å². The molecule has 0 amide bonds. The number of benzene rings is 1. The van der Waals surface area contributed by atoms with Crippen molar-refractivity contribution >= 4 is 21.9 Å². The van der Waals surface area contributed by atoms with E-state index >= 15 is 0 Å². The minimum atomic E-state index is -1.25. The normalized spacial score (nSPS) is 27.8. The summed E-state index contributed by atoms with van der Waals surface area (Å²) in [6.45, 7) is -0.238.